The molecular formula is C24H27F3N2O6. The Bertz CT molecular complexity index is 1040. The van der Waals surface area contributed by atoms with Gasteiger partial charge in [0, 0.05) is 25.2 Å². The summed E-state index contributed by atoms with van der Waals surface area (Å²) < 4.78 is 60.4. The fourth-order valence-corrected chi connectivity index (χ4v) is 3.47. The van der Waals surface area contributed by atoms with Crippen molar-refractivity contribution in [1.29, 1.82) is 0 Å². The van der Waals surface area contributed by atoms with Gasteiger partial charge in [0.05, 0.1) is 48.9 Å². The summed E-state index contributed by atoms with van der Waals surface area (Å²) in [7, 11) is 0. The molecule has 1 amide bonds. The van der Waals surface area contributed by atoms with Crippen LogP contribution in [0.15, 0.2) is 36.4 Å². The van der Waals surface area contributed by atoms with Gasteiger partial charge in [-0.05, 0) is 32.0 Å². The van der Waals surface area contributed by atoms with E-state index in [1.54, 1.807) is 19.1 Å². The van der Waals surface area contributed by atoms with Crippen LogP contribution in [0.3, 0.4) is 0 Å². The molecule has 1 aliphatic rings. The number of anilines is 2. The Labute approximate surface area is 200 Å². The standard InChI is InChI=1S/C24H27F3N2O6/c1-3-33-20-14-19(29-8-10-32-11-9-29)21(34-4-2)13-18(20)28-22(30)15-35-23(31)16-6-5-7-17(12-16)24(25,26)27/h5-7,12-14H,3-4,8-11,15H2,1-2H3,(H,28,30). The number of nitrogens with zero attached hydrogens (tertiary/aromatic N) is 1. The maximum absolute atomic E-state index is 12.9. The van der Waals surface area contributed by atoms with Crippen molar-refractivity contribution in [3.05, 3.63) is 47.5 Å². The maximum Gasteiger partial charge on any atom is 0.416 e. The van der Waals surface area contributed by atoms with Crippen LogP contribution in [0.25, 0.3) is 0 Å². The number of halogens is 3. The van der Waals surface area contributed by atoms with Gasteiger partial charge in [0.25, 0.3) is 5.91 Å². The summed E-state index contributed by atoms with van der Waals surface area (Å²) in [5.41, 5.74) is -0.183. The third-order valence-corrected chi connectivity index (χ3v) is 5.05. The molecule has 1 saturated heterocycles. The van der Waals surface area contributed by atoms with Gasteiger partial charge in [0.2, 0.25) is 0 Å². The number of carbonyl (C=O) groups excluding carboxylic acids is 2. The Morgan fingerprint density at radius 2 is 1.71 bits per heavy atom. The number of benzene rings is 2. The summed E-state index contributed by atoms with van der Waals surface area (Å²) in [5.74, 6) is -0.800. The van der Waals surface area contributed by atoms with Crippen LogP contribution in [0.1, 0.15) is 29.8 Å². The molecule has 0 bridgehead atoms. The minimum Gasteiger partial charge on any atom is -0.492 e. The van der Waals surface area contributed by atoms with Crippen molar-refractivity contribution < 1.29 is 41.7 Å². The van der Waals surface area contributed by atoms with Crippen LogP contribution in [-0.2, 0) is 20.4 Å². The van der Waals surface area contributed by atoms with Gasteiger partial charge >= 0.3 is 12.1 Å². The quantitative estimate of drug-likeness (QED) is 0.523. The first kappa shape index (κ1) is 26.1. The number of alkyl halides is 3. The molecule has 0 radical (unpaired) electrons. The average molecular weight is 496 g/mol. The van der Waals surface area contributed by atoms with Crippen LogP contribution >= 0.6 is 0 Å². The molecule has 3 rings (SSSR count). The SMILES string of the molecule is CCOc1cc(N2CCOCC2)c(OCC)cc1NC(=O)COC(=O)c1cccc(C(F)(F)F)c1. The van der Waals surface area contributed by atoms with Crippen molar-refractivity contribution in [2.75, 3.05) is 56.3 Å². The Morgan fingerprint density at radius 1 is 1.03 bits per heavy atom. The lowest BCUT2D eigenvalue weighted by atomic mass is 10.1. The van der Waals surface area contributed by atoms with E-state index in [0.717, 1.165) is 17.8 Å². The van der Waals surface area contributed by atoms with Gasteiger partial charge < -0.3 is 29.2 Å². The molecule has 1 heterocycles. The smallest absolute Gasteiger partial charge is 0.416 e. The van der Waals surface area contributed by atoms with Crippen LogP contribution in [0, 0.1) is 0 Å². The summed E-state index contributed by atoms with van der Waals surface area (Å²) in [5, 5.41) is 2.62. The van der Waals surface area contributed by atoms with E-state index in [-0.39, 0.29) is 5.56 Å². The van der Waals surface area contributed by atoms with Crippen molar-refractivity contribution in [3.63, 3.8) is 0 Å². The predicted octanol–water partition coefficient (Wildman–Crippen LogP) is 4.13. The normalized spacial score (nSPS) is 13.8. The minimum absolute atomic E-state index is 0.309. The molecule has 0 aromatic heterocycles. The second-order valence-corrected chi connectivity index (χ2v) is 7.48. The van der Waals surface area contributed by atoms with Gasteiger partial charge in [-0.1, -0.05) is 6.07 Å². The van der Waals surface area contributed by atoms with E-state index in [1.165, 1.54) is 6.07 Å². The highest BCUT2D eigenvalue weighted by Crippen LogP contribution is 2.39. The van der Waals surface area contributed by atoms with Crippen molar-refractivity contribution in [2.45, 2.75) is 20.0 Å². The number of hydrogen-bond acceptors (Lipinski definition) is 7. The number of amides is 1. The maximum atomic E-state index is 12.9. The van der Waals surface area contributed by atoms with Crippen molar-refractivity contribution >= 4 is 23.3 Å². The lowest BCUT2D eigenvalue weighted by molar-refractivity contribution is -0.137. The highest BCUT2D eigenvalue weighted by molar-refractivity contribution is 5.97. The van der Waals surface area contributed by atoms with E-state index in [9.17, 15) is 22.8 Å². The Morgan fingerprint density at radius 3 is 2.37 bits per heavy atom. The van der Waals surface area contributed by atoms with Crippen molar-refractivity contribution in [1.82, 2.24) is 0 Å². The van der Waals surface area contributed by atoms with Gasteiger partial charge in [-0.15, -0.1) is 0 Å². The van der Waals surface area contributed by atoms with E-state index in [1.807, 2.05) is 6.92 Å². The van der Waals surface area contributed by atoms with Crippen LogP contribution in [-0.4, -0.2) is 58.0 Å². The number of esters is 1. The van der Waals surface area contributed by atoms with Crippen molar-refractivity contribution in [3.8, 4) is 11.5 Å². The molecular weight excluding hydrogens is 469 g/mol. The van der Waals surface area contributed by atoms with Gasteiger partial charge in [0.15, 0.2) is 6.61 Å². The van der Waals surface area contributed by atoms with Gasteiger partial charge in [-0.25, -0.2) is 4.79 Å². The molecule has 0 aliphatic carbocycles. The van der Waals surface area contributed by atoms with E-state index in [0.29, 0.717) is 62.8 Å². The zero-order valence-electron chi connectivity index (χ0n) is 19.4. The van der Waals surface area contributed by atoms with Gasteiger partial charge in [0.1, 0.15) is 11.5 Å². The van der Waals surface area contributed by atoms with Crippen LogP contribution in [0.4, 0.5) is 24.5 Å². The van der Waals surface area contributed by atoms with Crippen LogP contribution in [0.2, 0.25) is 0 Å². The van der Waals surface area contributed by atoms with Gasteiger partial charge in [-0.3, -0.25) is 4.79 Å². The fourth-order valence-electron chi connectivity index (χ4n) is 3.47. The first-order chi connectivity index (χ1) is 16.7. The molecule has 35 heavy (non-hydrogen) atoms. The third kappa shape index (κ3) is 7.01. The number of hydrogen-bond donors (Lipinski definition) is 1. The highest BCUT2D eigenvalue weighted by atomic mass is 19.4. The third-order valence-electron chi connectivity index (χ3n) is 5.05. The van der Waals surface area contributed by atoms with Crippen molar-refractivity contribution in [2.24, 2.45) is 0 Å². The Kier molecular flexibility index (Phi) is 8.80. The van der Waals surface area contributed by atoms with Crippen LogP contribution in [0.5, 0.6) is 11.5 Å². The summed E-state index contributed by atoms with van der Waals surface area (Å²) in [6.07, 6.45) is -4.60. The zero-order chi connectivity index (χ0) is 25.4. The molecule has 2 aromatic rings. The van der Waals surface area contributed by atoms with E-state index < -0.39 is 30.2 Å². The molecule has 1 fully saturated rings. The van der Waals surface area contributed by atoms with Gasteiger partial charge in [-0.2, -0.15) is 13.2 Å². The molecule has 0 atom stereocenters. The minimum atomic E-state index is -4.60. The fraction of sp³-hybridized carbons (Fsp3) is 0.417. The molecule has 8 nitrogen and oxygen atoms in total. The molecule has 0 unspecified atom stereocenters. The zero-order valence-corrected chi connectivity index (χ0v) is 19.4. The number of nitrogens with one attached hydrogen (secondary N) is 1. The lowest BCUT2D eigenvalue weighted by Gasteiger charge is -2.31. The summed E-state index contributed by atoms with van der Waals surface area (Å²) >= 11 is 0. The number of carbonyl (C=O) groups is 2. The molecule has 190 valence electrons. The monoisotopic (exact) mass is 496 g/mol. The molecule has 0 spiro atoms. The van der Waals surface area contributed by atoms with E-state index in [2.05, 4.69) is 10.2 Å². The molecule has 0 saturated carbocycles. The first-order valence-corrected chi connectivity index (χ1v) is 11.1. The Balaban J connectivity index is 1.73. The average Bonchev–Trinajstić information content (AvgIpc) is 2.84. The second kappa shape index (κ2) is 11.8. The van der Waals surface area contributed by atoms with Crippen LogP contribution < -0.4 is 19.7 Å². The molecule has 2 aromatic carbocycles. The number of rotatable bonds is 9. The molecule has 1 N–H and O–H groups in total. The number of ether oxygens (including phenoxy) is 4. The number of morpholine rings is 1. The summed E-state index contributed by atoms with van der Waals surface area (Å²) in [6, 6.07) is 7.19. The Hall–Kier alpha value is -3.47. The first-order valence-electron chi connectivity index (χ1n) is 11.1. The summed E-state index contributed by atoms with van der Waals surface area (Å²) in [4.78, 5) is 26.8. The highest BCUT2D eigenvalue weighted by Gasteiger charge is 2.31. The van der Waals surface area contributed by atoms with E-state index in [4.69, 9.17) is 18.9 Å². The topological polar surface area (TPSA) is 86.3 Å². The predicted molar refractivity (Wildman–Crippen MR) is 122 cm³/mol. The largest absolute Gasteiger partial charge is 0.492 e. The lowest BCUT2D eigenvalue weighted by Crippen LogP contribution is -2.36. The van der Waals surface area contributed by atoms with E-state index >= 15 is 0 Å². The molecule has 11 heteroatoms. The second-order valence-electron chi connectivity index (χ2n) is 7.48. The molecule has 1 aliphatic heterocycles. The summed E-state index contributed by atoms with van der Waals surface area (Å²) in [6.45, 7) is 6.16.